The summed E-state index contributed by atoms with van der Waals surface area (Å²) < 4.78 is 1.39. The van der Waals surface area contributed by atoms with Crippen LogP contribution < -0.4 is 16.2 Å². The van der Waals surface area contributed by atoms with Crippen LogP contribution in [0.25, 0.3) is 5.69 Å². The number of carbonyl (C=O) groups excluding carboxylic acids is 2. The summed E-state index contributed by atoms with van der Waals surface area (Å²) in [6, 6.07) is 26.5. The Bertz CT molecular complexity index is 1370. The molecule has 7 heteroatoms. The molecule has 0 saturated heterocycles. The highest BCUT2D eigenvalue weighted by molar-refractivity contribution is 6.34. The van der Waals surface area contributed by atoms with Gasteiger partial charge in [-0.15, -0.1) is 0 Å². The number of amides is 2. The summed E-state index contributed by atoms with van der Waals surface area (Å²) in [6.45, 7) is 0.428. The van der Waals surface area contributed by atoms with E-state index in [1.165, 1.54) is 10.6 Å². The van der Waals surface area contributed by atoms with E-state index < -0.39 is 11.5 Å². The molecule has 0 spiro atoms. The molecular formula is C27H22ClN3O3. The number of rotatable bonds is 7. The predicted molar refractivity (Wildman–Crippen MR) is 134 cm³/mol. The molecule has 0 saturated carbocycles. The van der Waals surface area contributed by atoms with E-state index in [0.29, 0.717) is 34.9 Å². The van der Waals surface area contributed by atoms with Crippen LogP contribution in [-0.2, 0) is 6.42 Å². The molecule has 3 aromatic carbocycles. The molecule has 0 aliphatic heterocycles. The number of carbonyl (C=O) groups is 2. The molecule has 0 radical (unpaired) electrons. The fourth-order valence-corrected chi connectivity index (χ4v) is 3.70. The maximum atomic E-state index is 12.9. The molecule has 0 aliphatic rings. The monoisotopic (exact) mass is 471 g/mol. The van der Waals surface area contributed by atoms with Gasteiger partial charge in [0.15, 0.2) is 0 Å². The van der Waals surface area contributed by atoms with Gasteiger partial charge in [-0.05, 0) is 60.5 Å². The Balaban J connectivity index is 1.44. The first-order chi connectivity index (χ1) is 16.5. The van der Waals surface area contributed by atoms with E-state index in [-0.39, 0.29) is 11.5 Å². The van der Waals surface area contributed by atoms with E-state index in [9.17, 15) is 14.4 Å². The van der Waals surface area contributed by atoms with Crippen molar-refractivity contribution < 1.29 is 9.59 Å². The first-order valence-electron chi connectivity index (χ1n) is 10.7. The summed E-state index contributed by atoms with van der Waals surface area (Å²) in [5.41, 5.74) is 2.24. The zero-order valence-electron chi connectivity index (χ0n) is 18.2. The molecular weight excluding hydrogens is 450 g/mol. The van der Waals surface area contributed by atoms with Gasteiger partial charge in [-0.2, -0.15) is 0 Å². The Morgan fingerprint density at radius 2 is 1.44 bits per heavy atom. The summed E-state index contributed by atoms with van der Waals surface area (Å²) in [6.07, 6.45) is 2.27. The lowest BCUT2D eigenvalue weighted by molar-refractivity contribution is 0.0951. The lowest BCUT2D eigenvalue weighted by Crippen LogP contribution is -2.33. The lowest BCUT2D eigenvalue weighted by atomic mass is 10.1. The van der Waals surface area contributed by atoms with Gasteiger partial charge in [-0.1, -0.05) is 54.1 Å². The molecule has 0 fully saturated rings. The zero-order chi connectivity index (χ0) is 23.9. The Morgan fingerprint density at radius 3 is 2.18 bits per heavy atom. The highest BCUT2D eigenvalue weighted by atomic mass is 35.5. The number of pyridine rings is 1. The molecule has 0 atom stereocenters. The van der Waals surface area contributed by atoms with E-state index >= 15 is 0 Å². The third-order valence-electron chi connectivity index (χ3n) is 5.26. The van der Waals surface area contributed by atoms with E-state index in [1.807, 2.05) is 30.3 Å². The van der Waals surface area contributed by atoms with Gasteiger partial charge in [0.25, 0.3) is 17.4 Å². The third-order valence-corrected chi connectivity index (χ3v) is 5.59. The zero-order valence-corrected chi connectivity index (χ0v) is 19.0. The number of aromatic nitrogens is 1. The third kappa shape index (κ3) is 5.42. The van der Waals surface area contributed by atoms with E-state index in [0.717, 1.165) is 5.56 Å². The highest BCUT2D eigenvalue weighted by Gasteiger charge is 2.13. The van der Waals surface area contributed by atoms with Gasteiger partial charge in [-0.3, -0.25) is 19.0 Å². The summed E-state index contributed by atoms with van der Waals surface area (Å²) in [7, 11) is 0. The molecule has 0 bridgehead atoms. The Hall–Kier alpha value is -4.16. The molecule has 2 N–H and O–H groups in total. The van der Waals surface area contributed by atoms with Crippen molar-refractivity contribution in [1.29, 1.82) is 0 Å². The maximum absolute atomic E-state index is 12.9. The number of anilines is 1. The Labute approximate surface area is 201 Å². The minimum Gasteiger partial charge on any atom is -0.352 e. The van der Waals surface area contributed by atoms with Crippen molar-refractivity contribution in [3.63, 3.8) is 0 Å². The van der Waals surface area contributed by atoms with Crippen molar-refractivity contribution in [1.82, 2.24) is 9.88 Å². The molecule has 4 aromatic rings. The summed E-state index contributed by atoms with van der Waals surface area (Å²) in [4.78, 5) is 38.0. The van der Waals surface area contributed by atoms with Crippen LogP contribution >= 0.6 is 11.6 Å². The summed E-state index contributed by atoms with van der Waals surface area (Å²) >= 11 is 6.08. The minimum atomic E-state index is -0.424. The molecule has 2 amide bonds. The van der Waals surface area contributed by atoms with Crippen LogP contribution in [-0.4, -0.2) is 22.9 Å². The van der Waals surface area contributed by atoms with Crippen molar-refractivity contribution in [3.05, 3.63) is 129 Å². The highest BCUT2D eigenvalue weighted by Crippen LogP contribution is 2.18. The van der Waals surface area contributed by atoms with E-state index in [2.05, 4.69) is 10.6 Å². The van der Waals surface area contributed by atoms with Gasteiger partial charge in [0.05, 0.1) is 10.6 Å². The quantitative estimate of drug-likeness (QED) is 0.409. The van der Waals surface area contributed by atoms with Crippen LogP contribution in [0.4, 0.5) is 5.69 Å². The number of halogens is 1. The van der Waals surface area contributed by atoms with Crippen LogP contribution in [0.5, 0.6) is 0 Å². The van der Waals surface area contributed by atoms with Gasteiger partial charge in [0.2, 0.25) is 0 Å². The molecule has 1 heterocycles. The predicted octanol–water partition coefficient (Wildman–Crippen LogP) is 4.72. The summed E-state index contributed by atoms with van der Waals surface area (Å²) in [5, 5.41) is 5.95. The van der Waals surface area contributed by atoms with Crippen molar-refractivity contribution in [2.45, 2.75) is 6.42 Å². The summed E-state index contributed by atoms with van der Waals surface area (Å²) in [5.74, 6) is -0.747. The average molecular weight is 472 g/mol. The number of nitrogens with zero attached hydrogens (tertiary/aromatic N) is 1. The Kier molecular flexibility index (Phi) is 7.20. The maximum Gasteiger partial charge on any atom is 0.267 e. The second-order valence-electron chi connectivity index (χ2n) is 7.57. The molecule has 170 valence electrons. The van der Waals surface area contributed by atoms with Crippen LogP contribution in [0.3, 0.4) is 0 Å². The van der Waals surface area contributed by atoms with Gasteiger partial charge >= 0.3 is 0 Å². The largest absolute Gasteiger partial charge is 0.352 e. The first kappa shape index (κ1) is 23.0. The van der Waals surface area contributed by atoms with E-state index in [4.69, 9.17) is 11.6 Å². The Morgan fingerprint density at radius 1 is 0.765 bits per heavy atom. The molecule has 34 heavy (non-hydrogen) atoms. The van der Waals surface area contributed by atoms with Crippen LogP contribution in [0.15, 0.2) is 102 Å². The van der Waals surface area contributed by atoms with Crippen molar-refractivity contribution in [2.75, 3.05) is 11.9 Å². The normalized spacial score (nSPS) is 10.5. The fraction of sp³-hybridized carbons (Fsp3) is 0.0741. The molecule has 4 rings (SSSR count). The van der Waals surface area contributed by atoms with Crippen molar-refractivity contribution >= 4 is 29.1 Å². The standard InChI is InChI=1S/C27H22ClN3O3/c28-24-11-5-4-9-22(24)26(33)30-20-12-14-21(15-13-20)31-18-6-10-23(27(31)34)25(32)29-17-16-19-7-2-1-3-8-19/h1-15,18H,16-17H2,(H,29,32)(H,30,33). The number of benzene rings is 3. The second kappa shape index (κ2) is 10.6. The van der Waals surface area contributed by atoms with Gasteiger partial charge in [0.1, 0.15) is 5.56 Å². The van der Waals surface area contributed by atoms with Crippen LogP contribution in [0.2, 0.25) is 5.02 Å². The molecule has 0 aliphatic carbocycles. The second-order valence-corrected chi connectivity index (χ2v) is 7.98. The minimum absolute atomic E-state index is 0.0617. The number of hydrogen-bond acceptors (Lipinski definition) is 3. The molecule has 6 nitrogen and oxygen atoms in total. The molecule has 1 aromatic heterocycles. The van der Waals surface area contributed by atoms with Crippen LogP contribution in [0, 0.1) is 0 Å². The number of hydrogen-bond donors (Lipinski definition) is 2. The fourth-order valence-electron chi connectivity index (χ4n) is 3.48. The van der Waals surface area contributed by atoms with Gasteiger partial charge in [-0.25, -0.2) is 0 Å². The van der Waals surface area contributed by atoms with Crippen molar-refractivity contribution in [2.24, 2.45) is 0 Å². The van der Waals surface area contributed by atoms with Gasteiger partial charge < -0.3 is 10.6 Å². The van der Waals surface area contributed by atoms with E-state index in [1.54, 1.807) is 60.8 Å². The average Bonchev–Trinajstić information content (AvgIpc) is 2.85. The smallest absolute Gasteiger partial charge is 0.267 e. The lowest BCUT2D eigenvalue weighted by Gasteiger charge is -2.11. The topological polar surface area (TPSA) is 80.2 Å². The molecule has 0 unspecified atom stereocenters. The van der Waals surface area contributed by atoms with Crippen LogP contribution in [0.1, 0.15) is 26.3 Å². The SMILES string of the molecule is O=C(Nc1ccc(-n2cccc(C(=O)NCCc3ccccc3)c2=O)cc1)c1ccccc1Cl. The van der Waals surface area contributed by atoms with Gasteiger partial charge in [0, 0.05) is 24.1 Å². The van der Waals surface area contributed by atoms with Crippen molar-refractivity contribution in [3.8, 4) is 5.69 Å². The number of nitrogens with one attached hydrogen (secondary N) is 2. The first-order valence-corrected chi connectivity index (χ1v) is 11.1.